The predicted octanol–water partition coefficient (Wildman–Crippen LogP) is 2.01. The molecule has 0 radical (unpaired) electrons. The normalized spacial score (nSPS) is 11.3. The molecule has 1 heterocycles. The fourth-order valence-corrected chi connectivity index (χ4v) is 2.31. The van der Waals surface area contributed by atoms with E-state index in [1.807, 2.05) is 42.1 Å². The van der Waals surface area contributed by atoms with E-state index < -0.39 is 10.0 Å². The number of aromatic nitrogens is 1. The molecule has 102 valence electrons. The zero-order valence-corrected chi connectivity index (χ0v) is 11.7. The molecular weight excluding hydrogens is 262 g/mol. The van der Waals surface area contributed by atoms with E-state index in [0.29, 0.717) is 5.69 Å². The van der Waals surface area contributed by atoms with Gasteiger partial charge in [0, 0.05) is 30.3 Å². The van der Waals surface area contributed by atoms with Crippen LogP contribution < -0.4 is 10.0 Å². The van der Waals surface area contributed by atoms with Crippen molar-refractivity contribution in [3.05, 3.63) is 48.3 Å². The van der Waals surface area contributed by atoms with Crippen molar-refractivity contribution >= 4 is 21.4 Å². The van der Waals surface area contributed by atoms with Gasteiger partial charge in [-0.15, -0.1) is 0 Å². The smallest absolute Gasteiger partial charge is 0.229 e. The Kier molecular flexibility index (Phi) is 3.80. The van der Waals surface area contributed by atoms with Crippen molar-refractivity contribution in [2.24, 2.45) is 7.05 Å². The highest BCUT2D eigenvalue weighted by Crippen LogP contribution is 2.15. The van der Waals surface area contributed by atoms with Crippen molar-refractivity contribution in [2.75, 3.05) is 16.3 Å². The number of sulfonamides is 1. The first kappa shape index (κ1) is 13.5. The van der Waals surface area contributed by atoms with Crippen LogP contribution in [-0.2, 0) is 23.6 Å². The van der Waals surface area contributed by atoms with Gasteiger partial charge in [0.1, 0.15) is 0 Å². The third kappa shape index (κ3) is 4.03. The summed E-state index contributed by atoms with van der Waals surface area (Å²) in [6.07, 6.45) is 3.13. The van der Waals surface area contributed by atoms with Gasteiger partial charge < -0.3 is 9.88 Å². The lowest BCUT2D eigenvalue weighted by atomic mass is 10.3. The highest BCUT2D eigenvalue weighted by atomic mass is 32.2. The zero-order chi connectivity index (χ0) is 13.9. The molecule has 0 aliphatic carbocycles. The maximum atomic E-state index is 11.1. The molecule has 0 saturated carbocycles. The Hall–Kier alpha value is -1.95. The summed E-state index contributed by atoms with van der Waals surface area (Å²) in [4.78, 5) is 0. The van der Waals surface area contributed by atoms with Crippen LogP contribution in [0.15, 0.2) is 42.6 Å². The van der Waals surface area contributed by atoms with Gasteiger partial charge in [0.15, 0.2) is 0 Å². The summed E-state index contributed by atoms with van der Waals surface area (Å²) in [5.41, 5.74) is 2.69. The molecule has 2 N–H and O–H groups in total. The number of benzene rings is 1. The maximum absolute atomic E-state index is 11.1. The quantitative estimate of drug-likeness (QED) is 0.880. The Balaban J connectivity index is 1.97. The number of rotatable bonds is 5. The Bertz CT molecular complexity index is 645. The minimum atomic E-state index is -3.22. The third-order valence-electron chi connectivity index (χ3n) is 2.71. The molecule has 0 spiro atoms. The van der Waals surface area contributed by atoms with E-state index >= 15 is 0 Å². The number of hydrogen-bond donors (Lipinski definition) is 2. The van der Waals surface area contributed by atoms with Gasteiger partial charge in [-0.3, -0.25) is 4.72 Å². The van der Waals surface area contributed by atoms with Crippen molar-refractivity contribution in [2.45, 2.75) is 6.54 Å². The Morgan fingerprint density at radius 2 is 1.74 bits per heavy atom. The minimum absolute atomic E-state index is 0.562. The van der Waals surface area contributed by atoms with Crippen molar-refractivity contribution in [3.8, 4) is 0 Å². The largest absolute Gasteiger partial charge is 0.379 e. The molecule has 0 unspecified atom stereocenters. The van der Waals surface area contributed by atoms with Gasteiger partial charge in [0.25, 0.3) is 0 Å². The monoisotopic (exact) mass is 279 g/mol. The summed E-state index contributed by atoms with van der Waals surface area (Å²) in [7, 11) is -1.22. The molecule has 2 rings (SSSR count). The molecule has 0 atom stereocenters. The summed E-state index contributed by atoms with van der Waals surface area (Å²) >= 11 is 0. The van der Waals surface area contributed by atoms with E-state index in [4.69, 9.17) is 0 Å². The molecule has 6 heteroatoms. The van der Waals surface area contributed by atoms with Crippen molar-refractivity contribution < 1.29 is 8.42 Å². The van der Waals surface area contributed by atoms with Crippen molar-refractivity contribution in [1.29, 1.82) is 0 Å². The minimum Gasteiger partial charge on any atom is -0.379 e. The third-order valence-corrected chi connectivity index (χ3v) is 3.32. The van der Waals surface area contributed by atoms with Crippen LogP contribution in [0.1, 0.15) is 5.69 Å². The SMILES string of the molecule is Cn1cccc1CNc1ccc(NS(C)(=O)=O)cc1. The number of aryl methyl sites for hydroxylation is 1. The summed E-state index contributed by atoms with van der Waals surface area (Å²) in [6, 6.07) is 11.2. The van der Waals surface area contributed by atoms with E-state index in [9.17, 15) is 8.42 Å². The molecule has 0 aliphatic rings. The van der Waals surface area contributed by atoms with Gasteiger partial charge in [-0.25, -0.2) is 8.42 Å². The second-order valence-corrected chi connectivity index (χ2v) is 6.16. The molecule has 0 saturated heterocycles. The van der Waals surface area contributed by atoms with Crippen LogP contribution in [0.25, 0.3) is 0 Å². The first-order valence-electron chi connectivity index (χ1n) is 5.86. The van der Waals surface area contributed by atoms with E-state index in [1.165, 1.54) is 5.69 Å². The van der Waals surface area contributed by atoms with Crippen molar-refractivity contribution in [3.63, 3.8) is 0 Å². The molecule has 0 bridgehead atoms. The lowest BCUT2D eigenvalue weighted by molar-refractivity contribution is 0.607. The molecule has 2 aromatic rings. The van der Waals surface area contributed by atoms with Crippen LogP contribution in [0, 0.1) is 0 Å². The molecule has 1 aromatic carbocycles. The van der Waals surface area contributed by atoms with Crippen LogP contribution in [0.3, 0.4) is 0 Å². The van der Waals surface area contributed by atoms with Crippen LogP contribution in [-0.4, -0.2) is 19.2 Å². The Labute approximate surface area is 113 Å². The van der Waals surface area contributed by atoms with Gasteiger partial charge in [-0.1, -0.05) is 0 Å². The first-order valence-corrected chi connectivity index (χ1v) is 7.75. The topological polar surface area (TPSA) is 63.1 Å². The fraction of sp³-hybridized carbons (Fsp3) is 0.231. The molecule has 0 fully saturated rings. The zero-order valence-electron chi connectivity index (χ0n) is 10.9. The summed E-state index contributed by atoms with van der Waals surface area (Å²) < 4.78 is 26.6. The lowest BCUT2D eigenvalue weighted by Crippen LogP contribution is -2.09. The summed E-state index contributed by atoms with van der Waals surface area (Å²) in [5.74, 6) is 0. The van der Waals surface area contributed by atoms with Crippen molar-refractivity contribution in [1.82, 2.24) is 4.57 Å². The molecular formula is C13H17N3O2S. The Morgan fingerprint density at radius 1 is 1.11 bits per heavy atom. The Morgan fingerprint density at radius 3 is 2.26 bits per heavy atom. The fourth-order valence-electron chi connectivity index (χ4n) is 1.74. The van der Waals surface area contributed by atoms with Crippen LogP contribution >= 0.6 is 0 Å². The van der Waals surface area contributed by atoms with Gasteiger partial charge in [-0.05, 0) is 36.4 Å². The molecule has 0 aliphatic heterocycles. The van der Waals surface area contributed by atoms with Gasteiger partial charge in [0.2, 0.25) is 10.0 Å². The standard InChI is InChI=1S/C13H17N3O2S/c1-16-9-3-4-13(16)10-14-11-5-7-12(8-6-11)15-19(2,17)18/h3-9,14-15H,10H2,1-2H3. The van der Waals surface area contributed by atoms with E-state index in [-0.39, 0.29) is 0 Å². The second-order valence-electron chi connectivity index (χ2n) is 4.42. The van der Waals surface area contributed by atoms with Gasteiger partial charge in [-0.2, -0.15) is 0 Å². The highest BCUT2D eigenvalue weighted by molar-refractivity contribution is 7.92. The average Bonchev–Trinajstić information content (AvgIpc) is 2.72. The van der Waals surface area contributed by atoms with Crippen LogP contribution in [0.4, 0.5) is 11.4 Å². The second kappa shape index (κ2) is 5.36. The van der Waals surface area contributed by atoms with Gasteiger partial charge >= 0.3 is 0 Å². The molecule has 5 nitrogen and oxygen atoms in total. The maximum Gasteiger partial charge on any atom is 0.229 e. The average molecular weight is 279 g/mol. The number of anilines is 2. The summed E-state index contributed by atoms with van der Waals surface area (Å²) in [6.45, 7) is 0.725. The number of nitrogens with zero attached hydrogens (tertiary/aromatic N) is 1. The first-order chi connectivity index (χ1) is 8.94. The number of nitrogens with one attached hydrogen (secondary N) is 2. The van der Waals surface area contributed by atoms with E-state index in [0.717, 1.165) is 18.5 Å². The van der Waals surface area contributed by atoms with Gasteiger partial charge in [0.05, 0.1) is 12.8 Å². The van der Waals surface area contributed by atoms with E-state index in [2.05, 4.69) is 10.0 Å². The summed E-state index contributed by atoms with van der Waals surface area (Å²) in [5, 5.41) is 3.28. The highest BCUT2D eigenvalue weighted by Gasteiger charge is 2.02. The van der Waals surface area contributed by atoms with E-state index in [1.54, 1.807) is 12.1 Å². The molecule has 19 heavy (non-hydrogen) atoms. The number of hydrogen-bond acceptors (Lipinski definition) is 3. The van der Waals surface area contributed by atoms with Crippen LogP contribution in [0.2, 0.25) is 0 Å². The predicted molar refractivity (Wildman–Crippen MR) is 77.6 cm³/mol. The molecule has 1 aromatic heterocycles. The molecule has 0 amide bonds. The van der Waals surface area contributed by atoms with Crippen LogP contribution in [0.5, 0.6) is 0 Å². The lowest BCUT2D eigenvalue weighted by Gasteiger charge is -2.09.